The lowest BCUT2D eigenvalue weighted by Crippen LogP contribution is -2.22. The number of rotatable bonds is 4. The second-order valence-electron chi connectivity index (χ2n) is 2.30. The quantitative estimate of drug-likeness (QED) is 0.329. The van der Waals surface area contributed by atoms with Gasteiger partial charge in [0.05, 0.1) is 6.61 Å². The topological polar surface area (TPSA) is 26.3 Å². The highest BCUT2D eigenvalue weighted by Crippen LogP contribution is 2.27. The molecular formula is C8H11Cl3O2. The van der Waals surface area contributed by atoms with E-state index in [4.69, 9.17) is 34.8 Å². The zero-order chi connectivity index (χ0) is 10.3. The van der Waals surface area contributed by atoms with Crippen LogP contribution in [0.1, 0.15) is 19.8 Å². The van der Waals surface area contributed by atoms with Crippen molar-refractivity contribution >= 4 is 40.8 Å². The van der Waals surface area contributed by atoms with Crippen molar-refractivity contribution in [2.24, 2.45) is 0 Å². The molecule has 0 amide bonds. The van der Waals surface area contributed by atoms with Crippen molar-refractivity contribution in [3.05, 3.63) is 12.2 Å². The molecule has 0 aromatic carbocycles. The lowest BCUT2D eigenvalue weighted by Gasteiger charge is -2.09. The Morgan fingerprint density at radius 2 is 2.00 bits per heavy atom. The fourth-order valence-electron chi connectivity index (χ4n) is 0.586. The number of carbonyl (C=O) groups excluding carboxylic acids is 1. The van der Waals surface area contributed by atoms with E-state index in [2.05, 4.69) is 4.74 Å². The molecular weight excluding hydrogens is 234 g/mol. The van der Waals surface area contributed by atoms with Gasteiger partial charge in [-0.25, -0.2) is 4.79 Å². The van der Waals surface area contributed by atoms with Gasteiger partial charge >= 0.3 is 5.97 Å². The first-order chi connectivity index (χ1) is 5.98. The summed E-state index contributed by atoms with van der Waals surface area (Å²) >= 11 is 15.8. The first-order valence-corrected chi connectivity index (χ1v) is 5.00. The van der Waals surface area contributed by atoms with E-state index in [0.29, 0.717) is 6.42 Å². The van der Waals surface area contributed by atoms with Crippen LogP contribution >= 0.6 is 34.8 Å². The first kappa shape index (κ1) is 13.1. The van der Waals surface area contributed by atoms with Crippen molar-refractivity contribution in [2.45, 2.75) is 23.6 Å². The lowest BCUT2D eigenvalue weighted by atomic mass is 10.3. The summed E-state index contributed by atoms with van der Waals surface area (Å²) in [6.07, 6.45) is 5.48. The summed E-state index contributed by atoms with van der Waals surface area (Å²) in [6, 6.07) is 0. The highest BCUT2D eigenvalue weighted by Gasteiger charge is 2.32. The van der Waals surface area contributed by atoms with Crippen molar-refractivity contribution in [3.8, 4) is 0 Å². The fraction of sp³-hybridized carbons (Fsp3) is 0.625. The fourth-order valence-corrected chi connectivity index (χ4v) is 0.750. The second kappa shape index (κ2) is 6.52. The molecule has 0 atom stereocenters. The molecule has 13 heavy (non-hydrogen) atoms. The summed E-state index contributed by atoms with van der Waals surface area (Å²) in [6.45, 7) is 2.26. The Labute approximate surface area is 92.8 Å². The maximum atomic E-state index is 10.9. The van der Waals surface area contributed by atoms with E-state index in [1.54, 1.807) is 0 Å². The van der Waals surface area contributed by atoms with Crippen molar-refractivity contribution in [3.63, 3.8) is 0 Å². The molecule has 0 saturated carbocycles. The van der Waals surface area contributed by atoms with E-state index in [-0.39, 0.29) is 6.61 Å². The number of esters is 1. The van der Waals surface area contributed by atoms with Crippen molar-refractivity contribution in [1.29, 1.82) is 0 Å². The Kier molecular flexibility index (Phi) is 6.56. The van der Waals surface area contributed by atoms with Gasteiger partial charge in [-0.3, -0.25) is 0 Å². The summed E-state index contributed by atoms with van der Waals surface area (Å²) in [5.74, 6) is -0.831. The molecule has 0 saturated heterocycles. The number of ether oxygens (including phenoxy) is 1. The number of allylic oxidation sites excluding steroid dienone is 1. The van der Waals surface area contributed by atoms with Crippen LogP contribution < -0.4 is 0 Å². The first-order valence-electron chi connectivity index (χ1n) is 3.87. The minimum absolute atomic E-state index is 0.239. The molecule has 0 radical (unpaired) electrons. The SMILES string of the molecule is CC/C=C\CCOC(=O)C(Cl)(Cl)Cl. The van der Waals surface area contributed by atoms with Crippen LogP contribution in [0.2, 0.25) is 0 Å². The van der Waals surface area contributed by atoms with Gasteiger partial charge < -0.3 is 4.74 Å². The van der Waals surface area contributed by atoms with Gasteiger partial charge in [0, 0.05) is 0 Å². The third-order valence-electron chi connectivity index (χ3n) is 1.15. The molecule has 0 N–H and O–H groups in total. The normalized spacial score (nSPS) is 12.0. The maximum Gasteiger partial charge on any atom is 0.358 e. The molecule has 0 heterocycles. The van der Waals surface area contributed by atoms with Gasteiger partial charge in [0.1, 0.15) is 0 Å². The van der Waals surface area contributed by atoms with E-state index in [9.17, 15) is 4.79 Å². The maximum absolute atomic E-state index is 10.9. The van der Waals surface area contributed by atoms with Crippen LogP contribution in [0.5, 0.6) is 0 Å². The molecule has 0 rings (SSSR count). The van der Waals surface area contributed by atoms with Crippen LogP contribution in [0.3, 0.4) is 0 Å². The largest absolute Gasteiger partial charge is 0.462 e. The van der Waals surface area contributed by atoms with E-state index in [1.807, 2.05) is 19.1 Å². The van der Waals surface area contributed by atoms with Crippen molar-refractivity contribution < 1.29 is 9.53 Å². The molecule has 2 nitrogen and oxygen atoms in total. The van der Waals surface area contributed by atoms with E-state index in [0.717, 1.165) is 6.42 Å². The third-order valence-corrected chi connectivity index (χ3v) is 1.61. The standard InChI is InChI=1S/C8H11Cl3O2/c1-2-3-4-5-6-13-7(12)8(9,10)11/h3-4H,2,5-6H2,1H3/b4-3-. The molecule has 0 aliphatic rings. The molecule has 76 valence electrons. The molecule has 0 unspecified atom stereocenters. The molecule has 0 aliphatic carbocycles. The Hall–Kier alpha value is 0.0800. The molecule has 0 aromatic heterocycles. The highest BCUT2D eigenvalue weighted by atomic mass is 35.6. The number of hydrogen-bond donors (Lipinski definition) is 0. The van der Waals surface area contributed by atoms with Crippen LogP contribution in [-0.2, 0) is 9.53 Å². The van der Waals surface area contributed by atoms with Crippen LogP contribution in [0.15, 0.2) is 12.2 Å². The summed E-state index contributed by atoms with van der Waals surface area (Å²) < 4.78 is 2.70. The predicted octanol–water partition coefficient (Wildman–Crippen LogP) is 3.26. The minimum Gasteiger partial charge on any atom is -0.462 e. The van der Waals surface area contributed by atoms with Crippen LogP contribution in [0, 0.1) is 0 Å². The monoisotopic (exact) mass is 244 g/mol. The highest BCUT2D eigenvalue weighted by molar-refractivity contribution is 6.75. The predicted molar refractivity (Wildman–Crippen MR) is 55.3 cm³/mol. The van der Waals surface area contributed by atoms with E-state index in [1.165, 1.54) is 0 Å². The summed E-state index contributed by atoms with van der Waals surface area (Å²) in [5.41, 5.74) is 0. The summed E-state index contributed by atoms with van der Waals surface area (Å²) in [5, 5.41) is 0. The van der Waals surface area contributed by atoms with E-state index >= 15 is 0 Å². The number of hydrogen-bond acceptors (Lipinski definition) is 2. The Morgan fingerprint density at radius 3 is 2.46 bits per heavy atom. The van der Waals surface area contributed by atoms with Gasteiger partial charge in [0.25, 0.3) is 3.79 Å². The van der Waals surface area contributed by atoms with Gasteiger partial charge in [-0.15, -0.1) is 0 Å². The van der Waals surface area contributed by atoms with Gasteiger partial charge in [0.2, 0.25) is 0 Å². The van der Waals surface area contributed by atoms with Crippen LogP contribution in [-0.4, -0.2) is 16.4 Å². The molecule has 0 aromatic rings. The van der Waals surface area contributed by atoms with Gasteiger partial charge in [-0.1, -0.05) is 53.9 Å². The van der Waals surface area contributed by atoms with Gasteiger partial charge in [-0.2, -0.15) is 0 Å². The van der Waals surface area contributed by atoms with Crippen molar-refractivity contribution in [1.82, 2.24) is 0 Å². The third kappa shape index (κ3) is 7.17. The number of alkyl halides is 3. The van der Waals surface area contributed by atoms with Crippen LogP contribution in [0.4, 0.5) is 0 Å². The second-order valence-corrected chi connectivity index (χ2v) is 4.58. The van der Waals surface area contributed by atoms with Crippen molar-refractivity contribution in [2.75, 3.05) is 6.61 Å². The van der Waals surface area contributed by atoms with Crippen LogP contribution in [0.25, 0.3) is 0 Å². The smallest absolute Gasteiger partial charge is 0.358 e. The average Bonchev–Trinajstić information content (AvgIpc) is 2.02. The summed E-state index contributed by atoms with van der Waals surface area (Å²) in [4.78, 5) is 10.9. The zero-order valence-electron chi connectivity index (χ0n) is 7.23. The summed E-state index contributed by atoms with van der Waals surface area (Å²) in [7, 11) is 0. The number of halogens is 3. The molecule has 0 bridgehead atoms. The molecule has 0 spiro atoms. The van der Waals surface area contributed by atoms with E-state index < -0.39 is 9.76 Å². The molecule has 0 fully saturated rings. The number of carbonyl (C=O) groups is 1. The lowest BCUT2D eigenvalue weighted by molar-refractivity contribution is -0.142. The Morgan fingerprint density at radius 1 is 1.38 bits per heavy atom. The Bertz CT molecular complexity index is 184. The molecule has 5 heteroatoms. The zero-order valence-corrected chi connectivity index (χ0v) is 9.49. The van der Waals surface area contributed by atoms with Gasteiger partial charge in [0.15, 0.2) is 0 Å². The minimum atomic E-state index is -1.96. The average molecular weight is 246 g/mol. The Balaban J connectivity index is 3.55. The van der Waals surface area contributed by atoms with Gasteiger partial charge in [-0.05, 0) is 12.8 Å². The molecule has 0 aliphatic heterocycles.